The first-order valence-electron chi connectivity index (χ1n) is 9.90. The van der Waals surface area contributed by atoms with Crippen molar-refractivity contribution in [3.8, 4) is 34.8 Å². The average Bonchev–Trinajstić information content (AvgIpc) is 3.23. The Kier molecular flexibility index (Phi) is 6.64. The molecule has 1 amide bonds. The van der Waals surface area contributed by atoms with E-state index in [2.05, 4.69) is 42.1 Å². The Bertz CT molecular complexity index is 1520. The first-order valence-corrected chi connectivity index (χ1v) is 11.1. The number of pyridine rings is 2. The number of hydrogen-bond donors (Lipinski definition) is 1. The number of amides is 1. The van der Waals surface area contributed by atoms with Gasteiger partial charge in [-0.3, -0.25) is 15.1 Å². The van der Waals surface area contributed by atoms with Gasteiger partial charge in [0.25, 0.3) is 5.91 Å². The summed E-state index contributed by atoms with van der Waals surface area (Å²) in [4.78, 5) is 35.0. The number of halogens is 1. The van der Waals surface area contributed by atoms with E-state index < -0.39 is 11.8 Å². The number of rotatable bonds is 4. The maximum Gasteiger partial charge on any atom is 0.259 e. The number of nitrogens with zero attached hydrogens (tertiary/aromatic N) is 6. The molecule has 34 heavy (non-hydrogen) atoms. The SMILES string of the molecule is COc1cnc(Cl)cc1-c1cc(C)ncc1C(=O)Nc1nc2ncc(C#CC(C)C#N)nc2s1. The minimum Gasteiger partial charge on any atom is -0.494 e. The molecule has 0 radical (unpaired) electrons. The summed E-state index contributed by atoms with van der Waals surface area (Å²) in [5.41, 5.74) is 3.03. The van der Waals surface area contributed by atoms with Crippen molar-refractivity contribution in [1.82, 2.24) is 24.9 Å². The molecule has 168 valence electrons. The van der Waals surface area contributed by atoms with Crippen LogP contribution in [0.4, 0.5) is 5.13 Å². The molecule has 0 fully saturated rings. The number of carbonyl (C=O) groups excluding carboxylic acids is 1. The standard InChI is InChI=1S/C23H16ClN7O2S/c1-12(8-25)4-5-14-9-28-20-22(29-14)34-23(30-20)31-21(32)17-10-26-13(2)6-15(17)16-7-19(24)27-11-18(16)33-3/h6-7,9-12H,1-3H3,(H,28,30,31,32). The Balaban J connectivity index is 1.67. The molecule has 11 heteroatoms. The Morgan fingerprint density at radius 1 is 1.18 bits per heavy atom. The van der Waals surface area contributed by atoms with Gasteiger partial charge in [-0.25, -0.2) is 15.0 Å². The van der Waals surface area contributed by atoms with E-state index in [9.17, 15) is 4.79 Å². The van der Waals surface area contributed by atoms with Crippen molar-refractivity contribution in [2.45, 2.75) is 13.8 Å². The number of fused-ring (bicyclic) bond motifs is 1. The van der Waals surface area contributed by atoms with Crippen LogP contribution in [0.3, 0.4) is 0 Å². The minimum atomic E-state index is -0.417. The van der Waals surface area contributed by atoms with Crippen molar-refractivity contribution in [3.63, 3.8) is 0 Å². The van der Waals surface area contributed by atoms with Crippen LogP contribution in [0.5, 0.6) is 5.75 Å². The topological polar surface area (TPSA) is 127 Å². The van der Waals surface area contributed by atoms with E-state index in [0.717, 1.165) is 11.3 Å². The molecule has 4 aromatic rings. The third-order valence-electron chi connectivity index (χ3n) is 4.58. The number of nitriles is 1. The summed E-state index contributed by atoms with van der Waals surface area (Å²) in [5, 5.41) is 12.2. The molecule has 0 aliphatic heterocycles. The smallest absolute Gasteiger partial charge is 0.259 e. The summed E-state index contributed by atoms with van der Waals surface area (Å²) < 4.78 is 5.41. The molecule has 4 rings (SSSR count). The predicted octanol–water partition coefficient (Wildman–Crippen LogP) is 4.28. The fraction of sp³-hybridized carbons (Fsp3) is 0.174. The second-order valence-corrected chi connectivity index (χ2v) is 8.42. The first-order chi connectivity index (χ1) is 16.4. The Hall–Kier alpha value is -4.12. The van der Waals surface area contributed by atoms with E-state index in [1.807, 2.05) is 13.0 Å². The largest absolute Gasteiger partial charge is 0.494 e. The maximum atomic E-state index is 13.2. The zero-order valence-electron chi connectivity index (χ0n) is 18.3. The molecule has 0 saturated heterocycles. The number of hydrogen-bond acceptors (Lipinski definition) is 9. The monoisotopic (exact) mass is 489 g/mol. The van der Waals surface area contributed by atoms with Crippen LogP contribution in [0.25, 0.3) is 21.6 Å². The van der Waals surface area contributed by atoms with Gasteiger partial charge >= 0.3 is 0 Å². The summed E-state index contributed by atoms with van der Waals surface area (Å²) in [6.07, 6.45) is 4.46. The second kappa shape index (κ2) is 9.79. The predicted molar refractivity (Wildman–Crippen MR) is 129 cm³/mol. The Morgan fingerprint density at radius 2 is 2.00 bits per heavy atom. The van der Waals surface area contributed by atoms with Crippen LogP contribution in [-0.4, -0.2) is 37.9 Å². The highest BCUT2D eigenvalue weighted by Gasteiger charge is 2.19. The normalized spacial score (nSPS) is 11.3. The van der Waals surface area contributed by atoms with Crippen LogP contribution >= 0.6 is 22.9 Å². The zero-order valence-corrected chi connectivity index (χ0v) is 19.8. The number of ether oxygens (including phenoxy) is 1. The summed E-state index contributed by atoms with van der Waals surface area (Å²) >= 11 is 7.26. The number of thiazole rings is 1. The van der Waals surface area contributed by atoms with Gasteiger partial charge in [-0.05, 0) is 31.9 Å². The van der Waals surface area contributed by atoms with Gasteiger partial charge in [0.2, 0.25) is 0 Å². The van der Waals surface area contributed by atoms with Gasteiger partial charge in [0.05, 0.1) is 31.1 Å². The summed E-state index contributed by atoms with van der Waals surface area (Å²) in [5.74, 6) is 5.24. The fourth-order valence-corrected chi connectivity index (χ4v) is 3.92. The molecule has 4 aromatic heterocycles. The number of methoxy groups -OCH3 is 1. The molecule has 1 N–H and O–H groups in total. The summed E-state index contributed by atoms with van der Waals surface area (Å²) in [7, 11) is 1.52. The zero-order chi connectivity index (χ0) is 24.2. The molecule has 0 aromatic carbocycles. The van der Waals surface area contributed by atoms with Crippen LogP contribution in [0.2, 0.25) is 5.15 Å². The van der Waals surface area contributed by atoms with Gasteiger partial charge in [-0.15, -0.1) is 0 Å². The number of aromatic nitrogens is 5. The van der Waals surface area contributed by atoms with Gasteiger partial charge in [0.1, 0.15) is 22.5 Å². The number of anilines is 1. The number of carbonyl (C=O) groups is 1. The second-order valence-electron chi connectivity index (χ2n) is 7.06. The van der Waals surface area contributed by atoms with Crippen LogP contribution in [0.1, 0.15) is 28.7 Å². The molecule has 0 saturated carbocycles. The van der Waals surface area contributed by atoms with Gasteiger partial charge in [0, 0.05) is 23.0 Å². The third-order valence-corrected chi connectivity index (χ3v) is 5.64. The Labute approximate surface area is 203 Å². The van der Waals surface area contributed by atoms with Gasteiger partial charge in [-0.2, -0.15) is 10.2 Å². The molecule has 4 heterocycles. The van der Waals surface area contributed by atoms with Gasteiger partial charge in [0.15, 0.2) is 15.6 Å². The molecule has 0 aliphatic carbocycles. The molecule has 1 atom stereocenters. The van der Waals surface area contributed by atoms with Crippen LogP contribution in [-0.2, 0) is 0 Å². The average molecular weight is 490 g/mol. The minimum absolute atomic E-state index is 0.267. The fourth-order valence-electron chi connectivity index (χ4n) is 2.97. The van der Waals surface area contributed by atoms with E-state index in [1.54, 1.807) is 19.1 Å². The molecular weight excluding hydrogens is 474 g/mol. The van der Waals surface area contributed by atoms with Crippen molar-refractivity contribution in [1.29, 1.82) is 5.26 Å². The van der Waals surface area contributed by atoms with Gasteiger partial charge in [-0.1, -0.05) is 28.9 Å². The van der Waals surface area contributed by atoms with Crippen LogP contribution in [0, 0.1) is 36.0 Å². The highest BCUT2D eigenvalue weighted by atomic mass is 35.5. The van der Waals surface area contributed by atoms with Gasteiger partial charge < -0.3 is 4.74 Å². The van der Waals surface area contributed by atoms with Crippen LogP contribution in [0.15, 0.2) is 30.7 Å². The highest BCUT2D eigenvalue weighted by molar-refractivity contribution is 7.21. The first kappa shape index (κ1) is 23.1. The van der Waals surface area contributed by atoms with Crippen LogP contribution < -0.4 is 10.1 Å². The molecular formula is C23H16ClN7O2S. The lowest BCUT2D eigenvalue weighted by Gasteiger charge is -2.13. The maximum absolute atomic E-state index is 13.2. The lowest BCUT2D eigenvalue weighted by Crippen LogP contribution is -2.14. The lowest BCUT2D eigenvalue weighted by molar-refractivity contribution is 0.102. The summed E-state index contributed by atoms with van der Waals surface area (Å²) in [6, 6.07) is 5.45. The quantitative estimate of drug-likeness (QED) is 0.332. The van der Waals surface area contributed by atoms with Crippen molar-refractivity contribution >= 4 is 44.5 Å². The number of aryl methyl sites for hydroxylation is 1. The van der Waals surface area contributed by atoms with Crippen molar-refractivity contribution in [2.24, 2.45) is 5.92 Å². The third kappa shape index (κ3) is 4.94. The van der Waals surface area contributed by atoms with Crippen molar-refractivity contribution in [3.05, 3.63) is 52.8 Å². The lowest BCUT2D eigenvalue weighted by atomic mass is 10.0. The molecule has 1 unspecified atom stereocenters. The van der Waals surface area contributed by atoms with Crippen molar-refractivity contribution in [2.75, 3.05) is 12.4 Å². The molecule has 9 nitrogen and oxygen atoms in total. The van der Waals surface area contributed by atoms with E-state index in [0.29, 0.717) is 49.4 Å². The van der Waals surface area contributed by atoms with E-state index in [1.165, 1.54) is 25.7 Å². The van der Waals surface area contributed by atoms with Crippen molar-refractivity contribution < 1.29 is 9.53 Å². The summed E-state index contributed by atoms with van der Waals surface area (Å²) in [6.45, 7) is 3.52. The molecule has 0 spiro atoms. The molecule has 0 bridgehead atoms. The molecule has 0 aliphatic rings. The number of nitrogens with one attached hydrogen (secondary N) is 1. The highest BCUT2D eigenvalue weighted by Crippen LogP contribution is 2.34. The van der Waals surface area contributed by atoms with E-state index in [4.69, 9.17) is 21.6 Å². The van der Waals surface area contributed by atoms with E-state index >= 15 is 0 Å². The Morgan fingerprint density at radius 3 is 2.76 bits per heavy atom. The van der Waals surface area contributed by atoms with E-state index in [-0.39, 0.29) is 5.15 Å².